The summed E-state index contributed by atoms with van der Waals surface area (Å²) in [7, 11) is 1.58. The van der Waals surface area contributed by atoms with Crippen LogP contribution in [-0.4, -0.2) is 53.3 Å². The van der Waals surface area contributed by atoms with Gasteiger partial charge in [0.2, 0.25) is 11.8 Å². The number of carbonyl (C=O) groups is 1. The standard InChI is InChI=1S/C21H25ClF2N2O4/c1-29-12-7-17(22)30-18-6-5-14-15(3-2-4-16(14)26-18)19(27)25-13-20(28)8-10-21(23,24)11-9-20/h2-6,17,28H,7-13H2,1H3,(H,25,27). The Labute approximate surface area is 178 Å². The molecule has 1 atom stereocenters. The van der Waals surface area contributed by atoms with E-state index in [0.717, 1.165) is 0 Å². The largest absolute Gasteiger partial charge is 0.458 e. The first-order valence-corrected chi connectivity index (χ1v) is 10.2. The Morgan fingerprint density at radius 1 is 1.27 bits per heavy atom. The number of fused-ring (bicyclic) bond motifs is 1. The van der Waals surface area contributed by atoms with E-state index in [9.17, 15) is 18.7 Å². The second-order valence-electron chi connectivity index (χ2n) is 7.59. The molecule has 6 nitrogen and oxygen atoms in total. The van der Waals surface area contributed by atoms with Crippen LogP contribution in [-0.2, 0) is 4.74 Å². The molecule has 2 N–H and O–H groups in total. The van der Waals surface area contributed by atoms with Crippen LogP contribution in [0.3, 0.4) is 0 Å². The second-order valence-corrected chi connectivity index (χ2v) is 8.08. The predicted octanol–water partition coefficient (Wildman–Crippen LogP) is 3.89. The van der Waals surface area contributed by atoms with Crippen molar-refractivity contribution < 1.29 is 28.2 Å². The summed E-state index contributed by atoms with van der Waals surface area (Å²) >= 11 is 6.10. The highest BCUT2D eigenvalue weighted by molar-refractivity contribution is 6.19. The fourth-order valence-corrected chi connectivity index (χ4v) is 3.58. The number of methoxy groups -OCH3 is 1. The van der Waals surface area contributed by atoms with Crippen LogP contribution in [0.5, 0.6) is 5.88 Å². The van der Waals surface area contributed by atoms with Gasteiger partial charge >= 0.3 is 0 Å². The minimum atomic E-state index is -2.75. The van der Waals surface area contributed by atoms with E-state index >= 15 is 0 Å². The topological polar surface area (TPSA) is 80.7 Å². The molecule has 0 aliphatic heterocycles. The molecule has 164 valence electrons. The van der Waals surface area contributed by atoms with Crippen LogP contribution in [0.25, 0.3) is 10.9 Å². The van der Waals surface area contributed by atoms with E-state index in [0.29, 0.717) is 35.4 Å². The van der Waals surface area contributed by atoms with E-state index in [1.165, 1.54) is 0 Å². The summed E-state index contributed by atoms with van der Waals surface area (Å²) in [5.74, 6) is -2.83. The summed E-state index contributed by atoms with van der Waals surface area (Å²) in [6.45, 7) is 0.371. The summed E-state index contributed by atoms with van der Waals surface area (Å²) in [5, 5.41) is 13.8. The first kappa shape index (κ1) is 22.7. The van der Waals surface area contributed by atoms with Gasteiger partial charge in [-0.15, -0.1) is 0 Å². The number of aliphatic hydroxyl groups is 1. The van der Waals surface area contributed by atoms with Crippen molar-refractivity contribution in [3.63, 3.8) is 0 Å². The van der Waals surface area contributed by atoms with Crippen molar-refractivity contribution >= 4 is 28.4 Å². The minimum Gasteiger partial charge on any atom is -0.458 e. The van der Waals surface area contributed by atoms with E-state index in [4.69, 9.17) is 21.1 Å². The first-order chi connectivity index (χ1) is 14.2. The number of hydrogen-bond acceptors (Lipinski definition) is 5. The molecule has 0 radical (unpaired) electrons. The molecule has 1 aliphatic carbocycles. The summed E-state index contributed by atoms with van der Waals surface area (Å²) in [6.07, 6.45) is -0.380. The molecule has 30 heavy (non-hydrogen) atoms. The van der Waals surface area contributed by atoms with Gasteiger partial charge in [-0.3, -0.25) is 4.79 Å². The third-order valence-corrected chi connectivity index (χ3v) is 5.55. The molecule has 1 unspecified atom stereocenters. The molecule has 1 aliphatic rings. The lowest BCUT2D eigenvalue weighted by atomic mass is 9.82. The van der Waals surface area contributed by atoms with Gasteiger partial charge in [0.1, 0.15) is 0 Å². The van der Waals surface area contributed by atoms with Crippen molar-refractivity contribution in [1.29, 1.82) is 0 Å². The normalized spacial score (nSPS) is 18.7. The van der Waals surface area contributed by atoms with E-state index in [1.807, 2.05) is 0 Å². The van der Waals surface area contributed by atoms with E-state index in [2.05, 4.69) is 10.3 Å². The van der Waals surface area contributed by atoms with Crippen molar-refractivity contribution in [3.8, 4) is 5.88 Å². The number of amides is 1. The lowest BCUT2D eigenvalue weighted by Gasteiger charge is -2.35. The van der Waals surface area contributed by atoms with Gasteiger partial charge in [-0.05, 0) is 31.0 Å². The number of carbonyl (C=O) groups excluding carboxylic acids is 1. The molecule has 1 saturated carbocycles. The molecule has 1 heterocycles. The lowest BCUT2D eigenvalue weighted by Crippen LogP contribution is -2.47. The highest BCUT2D eigenvalue weighted by Gasteiger charge is 2.42. The molecule has 9 heteroatoms. The van der Waals surface area contributed by atoms with Crippen LogP contribution in [0.4, 0.5) is 8.78 Å². The summed E-state index contributed by atoms with van der Waals surface area (Å²) < 4.78 is 37.2. The van der Waals surface area contributed by atoms with E-state index in [1.54, 1.807) is 37.4 Å². The Kier molecular flexibility index (Phi) is 7.10. The van der Waals surface area contributed by atoms with Gasteiger partial charge in [-0.1, -0.05) is 17.7 Å². The number of alkyl halides is 3. The van der Waals surface area contributed by atoms with Gasteiger partial charge in [-0.25, -0.2) is 13.8 Å². The van der Waals surface area contributed by atoms with Crippen molar-refractivity contribution in [1.82, 2.24) is 10.3 Å². The number of pyridine rings is 1. The van der Waals surface area contributed by atoms with E-state index in [-0.39, 0.29) is 32.2 Å². The van der Waals surface area contributed by atoms with Crippen LogP contribution in [0.15, 0.2) is 30.3 Å². The average Bonchev–Trinajstić information content (AvgIpc) is 2.72. The molecule has 1 aromatic carbocycles. The summed E-state index contributed by atoms with van der Waals surface area (Å²) in [5.41, 5.74) is -0.992. The Hall–Kier alpha value is -2.03. The molecule has 3 rings (SSSR count). The monoisotopic (exact) mass is 442 g/mol. The SMILES string of the molecule is COCCC(Cl)Oc1ccc2c(C(=O)NCC3(O)CCC(F)(F)CC3)cccc2n1. The van der Waals surface area contributed by atoms with Crippen molar-refractivity contribution in [2.24, 2.45) is 0 Å². The van der Waals surface area contributed by atoms with Crippen LogP contribution < -0.4 is 10.1 Å². The van der Waals surface area contributed by atoms with Crippen LogP contribution in [0.1, 0.15) is 42.5 Å². The highest BCUT2D eigenvalue weighted by atomic mass is 35.5. The quantitative estimate of drug-likeness (QED) is 0.606. The van der Waals surface area contributed by atoms with Crippen molar-refractivity contribution in [2.75, 3.05) is 20.3 Å². The Bertz CT molecular complexity index is 886. The number of ether oxygens (including phenoxy) is 2. The number of rotatable bonds is 8. The van der Waals surface area contributed by atoms with Gasteiger partial charge in [0, 0.05) is 49.9 Å². The third-order valence-electron chi connectivity index (χ3n) is 5.24. The minimum absolute atomic E-state index is 0.0548. The molecule has 0 spiro atoms. The number of nitrogens with one attached hydrogen (secondary N) is 1. The second kappa shape index (κ2) is 9.41. The van der Waals surface area contributed by atoms with Gasteiger partial charge in [0.25, 0.3) is 5.91 Å². The summed E-state index contributed by atoms with van der Waals surface area (Å²) in [4.78, 5) is 17.1. The zero-order valence-corrected chi connectivity index (χ0v) is 17.4. The first-order valence-electron chi connectivity index (χ1n) is 9.79. The molecule has 0 bridgehead atoms. The maximum atomic E-state index is 13.3. The van der Waals surface area contributed by atoms with E-state index < -0.39 is 23.0 Å². The number of aromatic nitrogens is 1. The Morgan fingerprint density at radius 2 is 2.00 bits per heavy atom. The smallest absolute Gasteiger partial charge is 0.252 e. The maximum absolute atomic E-state index is 13.3. The Balaban J connectivity index is 1.67. The number of nitrogens with zero attached hydrogens (tertiary/aromatic N) is 1. The fourth-order valence-electron chi connectivity index (χ4n) is 3.40. The molecule has 2 aromatic rings. The van der Waals surface area contributed by atoms with Gasteiger partial charge in [-0.2, -0.15) is 0 Å². The number of hydrogen-bond donors (Lipinski definition) is 2. The maximum Gasteiger partial charge on any atom is 0.252 e. The van der Waals surface area contributed by atoms with Gasteiger partial charge in [0.15, 0.2) is 5.56 Å². The molecular formula is C21H25ClF2N2O4. The van der Waals surface area contributed by atoms with Crippen molar-refractivity contribution in [3.05, 3.63) is 35.9 Å². The number of benzene rings is 1. The summed E-state index contributed by atoms with van der Waals surface area (Å²) in [6, 6.07) is 8.41. The third kappa shape index (κ3) is 5.77. The highest BCUT2D eigenvalue weighted by Crippen LogP contribution is 2.38. The van der Waals surface area contributed by atoms with Gasteiger partial charge < -0.3 is 19.9 Å². The van der Waals surface area contributed by atoms with Crippen LogP contribution in [0, 0.1) is 0 Å². The molecule has 1 fully saturated rings. The average molecular weight is 443 g/mol. The van der Waals surface area contributed by atoms with Crippen LogP contribution in [0.2, 0.25) is 0 Å². The van der Waals surface area contributed by atoms with Crippen molar-refractivity contribution in [2.45, 2.75) is 49.2 Å². The number of halogens is 3. The van der Waals surface area contributed by atoms with Gasteiger partial charge in [0.05, 0.1) is 17.7 Å². The molecule has 1 aromatic heterocycles. The Morgan fingerprint density at radius 3 is 2.70 bits per heavy atom. The fraction of sp³-hybridized carbons (Fsp3) is 0.524. The molecule has 0 saturated heterocycles. The molecule has 1 amide bonds. The predicted molar refractivity (Wildman–Crippen MR) is 109 cm³/mol. The zero-order chi connectivity index (χ0) is 21.8. The van der Waals surface area contributed by atoms with Crippen LogP contribution >= 0.6 is 11.6 Å². The molecular weight excluding hydrogens is 418 g/mol. The lowest BCUT2D eigenvalue weighted by molar-refractivity contribution is -0.101. The zero-order valence-electron chi connectivity index (χ0n) is 16.7.